The van der Waals surface area contributed by atoms with Gasteiger partial charge in [0.05, 0.1) is 49.9 Å². The van der Waals surface area contributed by atoms with Crippen LogP contribution in [0.3, 0.4) is 0 Å². The number of carboxylic acids is 2. The first kappa shape index (κ1) is 62.9. The zero-order valence-corrected chi connectivity index (χ0v) is 51.9. The van der Waals surface area contributed by atoms with Crippen LogP contribution >= 0.6 is 45.9 Å². The fourth-order valence-electron chi connectivity index (χ4n) is 12.1. The lowest BCUT2D eigenvalue weighted by molar-refractivity contribution is -0.137. The first-order valence-corrected chi connectivity index (χ1v) is 31.0. The van der Waals surface area contributed by atoms with Crippen LogP contribution in [-0.2, 0) is 41.5 Å². The Labute approximate surface area is 533 Å². The molecule has 1 unspecified atom stereocenters. The number of esters is 2. The molecule has 22 nitrogen and oxygen atoms in total. The number of halogens is 4. The molecule has 0 radical (unpaired) electrons. The summed E-state index contributed by atoms with van der Waals surface area (Å²) in [5, 5.41) is 29.8. The van der Waals surface area contributed by atoms with E-state index in [-0.39, 0.29) is 52.1 Å². The number of carbonyl (C=O) groups excluding carboxylic acids is 4. The third-order valence-corrected chi connectivity index (χ3v) is 18.6. The predicted octanol–water partition coefficient (Wildman–Crippen LogP) is 8.19. The fourth-order valence-corrected chi connectivity index (χ4v) is 13.8. The van der Waals surface area contributed by atoms with Crippen LogP contribution < -0.4 is 20.4 Å². The summed E-state index contributed by atoms with van der Waals surface area (Å²) >= 11 is 15.7. The topological polar surface area (TPSA) is 255 Å². The van der Waals surface area contributed by atoms with E-state index in [9.17, 15) is 37.5 Å². The maximum absolute atomic E-state index is 14.0. The van der Waals surface area contributed by atoms with Gasteiger partial charge in [-0.3, -0.25) is 39.2 Å². The molecule has 0 spiro atoms. The summed E-state index contributed by atoms with van der Waals surface area (Å²) < 4.78 is 38.3. The molecule has 8 heterocycles. The van der Waals surface area contributed by atoms with E-state index < -0.39 is 53.1 Å². The van der Waals surface area contributed by atoms with Gasteiger partial charge in [-0.1, -0.05) is 59.6 Å². The van der Waals surface area contributed by atoms with Crippen molar-refractivity contribution in [1.82, 2.24) is 40.2 Å². The number of carboxylic acid groups (broad SMARTS) is 2. The highest BCUT2D eigenvalue weighted by Crippen LogP contribution is 2.41. The van der Waals surface area contributed by atoms with E-state index in [4.69, 9.17) is 52.9 Å². The zero-order chi connectivity index (χ0) is 63.5. The highest BCUT2D eigenvalue weighted by molar-refractivity contribution is 7.12. The molecule has 4 fully saturated rings. The van der Waals surface area contributed by atoms with Gasteiger partial charge in [-0.15, -0.1) is 22.7 Å². The average molecular weight is 1310 g/mol. The number of nitrogens with one attached hydrogen (secondary N) is 2. The molecule has 0 aliphatic carbocycles. The van der Waals surface area contributed by atoms with Crippen molar-refractivity contribution in [1.29, 1.82) is 0 Å². The molecule has 0 bridgehead atoms. The van der Waals surface area contributed by atoms with Crippen molar-refractivity contribution in [2.75, 3.05) is 89.5 Å². The number of aryl methyl sites for hydroxylation is 1. The number of aliphatic carboxylic acids is 2. The lowest BCUT2D eigenvalue weighted by Crippen LogP contribution is -2.60. The number of aliphatic imine (C=N–C) groups is 2. The second-order valence-corrected chi connectivity index (χ2v) is 24.9. The Balaban J connectivity index is 0.000000185. The van der Waals surface area contributed by atoms with Crippen LogP contribution in [0.2, 0.25) is 10.0 Å². The van der Waals surface area contributed by atoms with Crippen molar-refractivity contribution in [2.24, 2.45) is 9.98 Å². The molecule has 12 rings (SSSR count). The van der Waals surface area contributed by atoms with Gasteiger partial charge in [-0.2, -0.15) is 0 Å². The highest BCUT2D eigenvalue weighted by atomic mass is 35.5. The van der Waals surface area contributed by atoms with E-state index in [1.165, 1.54) is 73.3 Å². The molecule has 4 atom stereocenters. The number of piperazine rings is 2. The van der Waals surface area contributed by atoms with Crippen molar-refractivity contribution < 1.29 is 57.2 Å². The smallest absolute Gasteiger partial charge is 0.338 e. The van der Waals surface area contributed by atoms with Crippen LogP contribution in [0, 0.1) is 11.6 Å². The summed E-state index contributed by atoms with van der Waals surface area (Å²) in [5.74, 6) is -3.04. The van der Waals surface area contributed by atoms with Gasteiger partial charge in [0.1, 0.15) is 23.7 Å². The maximum Gasteiger partial charge on any atom is 0.338 e. The molecule has 0 saturated carbocycles. The van der Waals surface area contributed by atoms with E-state index in [1.807, 2.05) is 51.7 Å². The number of hydrogen-bond donors (Lipinski definition) is 4. The number of urea groups is 2. The number of hydrogen-bond acceptors (Lipinski definition) is 18. The average Bonchev–Trinajstić information content (AvgIpc) is 1.74. The second kappa shape index (κ2) is 26.8. The molecule has 28 heteroatoms. The van der Waals surface area contributed by atoms with Crippen molar-refractivity contribution >= 4 is 105 Å². The number of amides is 4. The number of fused-ring (bicyclic) bond motifs is 2. The number of thiazole rings is 2. The standard InChI is InChI=1S/2C31H30ClFN6O5S/c1-31-16-37(10-11-39(31)30(43)38(17-31)20-6-3-18(4-7-20)13-24(40)41)15-23-25(29(42)44-2)26(21-8-5-19(33)14-22(21)32)36-27(35-23)28-34-9-12-45-28;1-44-30(42)26-24(35-28(29-34-10-13-45-29)36-27(26)22-8-5-19(33)14-23(22)32)17-37-11-12-38-21(15-37)16-39(31(38)43)20-6-2-18(3-7-20)4-9-25(40)41/h3-9,12,14,26H,10-11,13,15-17H2,1-2H3,(H,35,36)(H,40,41);2-3,5-8,10,13-14,21,27H,4,9,11-12,15-17H2,1H3,(H,35,36)(H,40,41)/t26-,31?;21-,27+/m01/s1. The van der Waals surface area contributed by atoms with Gasteiger partial charge < -0.3 is 40.1 Å². The van der Waals surface area contributed by atoms with Crippen molar-refractivity contribution in [3.63, 3.8) is 0 Å². The quantitative estimate of drug-likeness (QED) is 0.0628. The third kappa shape index (κ3) is 13.4. The number of benzene rings is 4. The second-order valence-electron chi connectivity index (χ2n) is 22.3. The number of carbonyl (C=O) groups is 6. The first-order valence-electron chi connectivity index (χ1n) is 28.5. The van der Waals surface area contributed by atoms with Crippen LogP contribution in [0.5, 0.6) is 0 Å². The third-order valence-electron chi connectivity index (χ3n) is 16.3. The van der Waals surface area contributed by atoms with Gasteiger partial charge in [0.25, 0.3) is 0 Å². The molecule has 2 aromatic heterocycles. The molecule has 6 aromatic rings. The monoisotopic (exact) mass is 1300 g/mol. The number of ether oxygens (including phenoxy) is 2. The van der Waals surface area contributed by atoms with Crippen LogP contribution in [0.1, 0.15) is 57.7 Å². The normalized spacial score (nSPS) is 21.0. The van der Waals surface area contributed by atoms with Crippen molar-refractivity contribution in [3.05, 3.63) is 185 Å². The van der Waals surface area contributed by atoms with E-state index in [1.54, 1.807) is 46.5 Å². The van der Waals surface area contributed by atoms with E-state index in [0.717, 1.165) is 11.3 Å². The van der Waals surface area contributed by atoms with Crippen LogP contribution in [0.4, 0.5) is 29.7 Å². The number of aromatic nitrogens is 2. The molecule has 468 valence electrons. The summed E-state index contributed by atoms with van der Waals surface area (Å²) in [6, 6.07) is 20.4. The van der Waals surface area contributed by atoms with E-state index in [2.05, 4.69) is 30.4 Å². The number of nitrogens with zero attached hydrogens (tertiary/aromatic N) is 10. The SMILES string of the molecule is COC(=O)C1=C(CN2CCN3C(=O)N(c4ccc(CC(=O)O)cc4)CC3(C)C2)NC(c2nccs2)=N[C@H]1c1ccc(F)cc1Cl.COC(=O)C1=C(CN2CCN3C(=O)N(c4ccc(CCC(=O)O)cc4)C[C@H]3C2)NC(c2nccs2)=N[C@H]1c1ccc(F)cc1Cl. The molecule has 4 N–H and O–H groups in total. The summed E-state index contributed by atoms with van der Waals surface area (Å²) in [6.07, 6.45) is 3.70. The maximum atomic E-state index is 14.0. The van der Waals surface area contributed by atoms with Crippen LogP contribution in [-0.4, -0.2) is 179 Å². The summed E-state index contributed by atoms with van der Waals surface area (Å²) in [6.45, 7) is 6.73. The minimum Gasteiger partial charge on any atom is -0.481 e. The molecule has 6 aliphatic heterocycles. The van der Waals surface area contributed by atoms with E-state index >= 15 is 0 Å². The Morgan fingerprint density at radius 3 is 1.68 bits per heavy atom. The van der Waals surface area contributed by atoms with Gasteiger partial charge >= 0.3 is 35.9 Å². The molecule has 4 saturated heterocycles. The molecule has 4 amide bonds. The minimum atomic E-state index is -0.917. The van der Waals surface area contributed by atoms with Gasteiger partial charge in [0.2, 0.25) is 0 Å². The Morgan fingerprint density at radius 1 is 0.656 bits per heavy atom. The molecular weight excluding hydrogens is 1250 g/mol. The van der Waals surface area contributed by atoms with Gasteiger partial charge in [0, 0.05) is 132 Å². The summed E-state index contributed by atoms with van der Waals surface area (Å²) in [5.41, 5.74) is 5.02. The van der Waals surface area contributed by atoms with Gasteiger partial charge in [0.15, 0.2) is 21.7 Å². The lowest BCUT2D eigenvalue weighted by Gasteiger charge is -2.44. The lowest BCUT2D eigenvalue weighted by atomic mass is 9.94. The summed E-state index contributed by atoms with van der Waals surface area (Å²) in [4.78, 5) is 105. The largest absolute Gasteiger partial charge is 0.481 e. The molecular formula is C62H60Cl2F2N12O10S2. The Bertz CT molecular complexity index is 3900. The Hall–Kier alpha value is -8.66. The Morgan fingerprint density at radius 2 is 1.18 bits per heavy atom. The predicted molar refractivity (Wildman–Crippen MR) is 334 cm³/mol. The molecule has 90 heavy (non-hydrogen) atoms. The molecule has 6 aliphatic rings. The summed E-state index contributed by atoms with van der Waals surface area (Å²) in [7, 11) is 2.59. The molecule has 4 aromatic carbocycles. The highest BCUT2D eigenvalue weighted by Gasteiger charge is 2.50. The number of anilines is 2. The van der Waals surface area contributed by atoms with Crippen LogP contribution in [0.25, 0.3) is 0 Å². The van der Waals surface area contributed by atoms with Crippen molar-refractivity contribution in [3.8, 4) is 0 Å². The number of methoxy groups -OCH3 is 2. The van der Waals surface area contributed by atoms with Gasteiger partial charge in [-0.25, -0.2) is 37.9 Å². The first-order chi connectivity index (χ1) is 43.3. The number of amidine groups is 2. The van der Waals surface area contributed by atoms with Gasteiger partial charge in [-0.05, 0) is 73.0 Å². The Kier molecular flexibility index (Phi) is 18.7. The number of rotatable bonds is 17. The minimum absolute atomic E-state index is 0.0472. The fraction of sp³-hybridized carbons (Fsp3) is 0.323. The van der Waals surface area contributed by atoms with Crippen LogP contribution in [0.15, 0.2) is 141 Å². The zero-order valence-electron chi connectivity index (χ0n) is 48.8. The van der Waals surface area contributed by atoms with Crippen molar-refractivity contribution in [2.45, 2.75) is 49.9 Å². The van der Waals surface area contributed by atoms with E-state index in [0.29, 0.717) is 127 Å².